The van der Waals surface area contributed by atoms with Gasteiger partial charge < -0.3 is 14.4 Å². The van der Waals surface area contributed by atoms with Crippen molar-refractivity contribution in [3.05, 3.63) is 22.2 Å². The smallest absolute Gasteiger partial charge is 0.128 e. The number of likely N-dealkylation sites (N-methyl/N-ethyl adjacent to an activating group) is 1. The summed E-state index contributed by atoms with van der Waals surface area (Å²) in [7, 11) is 5.57. The molecule has 1 heterocycles. The summed E-state index contributed by atoms with van der Waals surface area (Å²) in [5, 5.41) is 0. The first-order valence-corrected chi connectivity index (χ1v) is 7.24. The van der Waals surface area contributed by atoms with Gasteiger partial charge in [0, 0.05) is 37.2 Å². The summed E-state index contributed by atoms with van der Waals surface area (Å²) in [5.74, 6) is 1.76. The van der Waals surface area contributed by atoms with Crippen LogP contribution < -0.4 is 9.47 Å². The average Bonchev–Trinajstić information content (AvgIpc) is 2.42. The van der Waals surface area contributed by atoms with Crippen LogP contribution in [0.4, 0.5) is 0 Å². The molecular formula is C14H21BrN2O2. The highest BCUT2D eigenvalue weighted by atomic mass is 79.9. The van der Waals surface area contributed by atoms with Crippen molar-refractivity contribution in [3.8, 4) is 11.5 Å². The SMILES string of the molecule is COc1cc(Br)cc(OC)c1CN1CCN(C)CC1. The van der Waals surface area contributed by atoms with E-state index in [1.54, 1.807) is 14.2 Å². The van der Waals surface area contributed by atoms with E-state index in [-0.39, 0.29) is 0 Å². The monoisotopic (exact) mass is 328 g/mol. The molecule has 1 aliphatic heterocycles. The van der Waals surface area contributed by atoms with Crippen LogP contribution >= 0.6 is 15.9 Å². The molecule has 0 aliphatic carbocycles. The molecule has 1 aliphatic rings. The maximum atomic E-state index is 5.48. The molecule has 0 bridgehead atoms. The number of ether oxygens (including phenoxy) is 2. The van der Waals surface area contributed by atoms with Crippen LogP contribution in [0.15, 0.2) is 16.6 Å². The Morgan fingerprint density at radius 3 is 2.05 bits per heavy atom. The van der Waals surface area contributed by atoms with Crippen molar-refractivity contribution in [2.45, 2.75) is 6.54 Å². The lowest BCUT2D eigenvalue weighted by molar-refractivity contribution is 0.146. The van der Waals surface area contributed by atoms with Crippen LogP contribution in [-0.2, 0) is 6.54 Å². The highest BCUT2D eigenvalue weighted by Gasteiger charge is 2.19. The number of hydrogen-bond donors (Lipinski definition) is 0. The molecule has 0 atom stereocenters. The number of halogens is 1. The van der Waals surface area contributed by atoms with Crippen LogP contribution in [0.25, 0.3) is 0 Å². The summed E-state index contributed by atoms with van der Waals surface area (Å²) in [6.07, 6.45) is 0. The second-order valence-corrected chi connectivity index (χ2v) is 5.78. The van der Waals surface area contributed by atoms with Gasteiger partial charge in [-0.25, -0.2) is 0 Å². The topological polar surface area (TPSA) is 24.9 Å². The van der Waals surface area contributed by atoms with E-state index >= 15 is 0 Å². The zero-order chi connectivity index (χ0) is 13.8. The van der Waals surface area contributed by atoms with Crippen LogP contribution in [0, 0.1) is 0 Å². The molecule has 0 spiro atoms. The van der Waals surface area contributed by atoms with Crippen molar-refractivity contribution in [2.24, 2.45) is 0 Å². The summed E-state index contributed by atoms with van der Waals surface area (Å²) >= 11 is 3.48. The minimum absolute atomic E-state index is 0.869. The van der Waals surface area contributed by atoms with E-state index < -0.39 is 0 Å². The predicted octanol–water partition coefficient (Wildman–Crippen LogP) is 2.21. The summed E-state index contributed by atoms with van der Waals surface area (Å²) in [6, 6.07) is 3.99. The molecule has 2 rings (SSSR count). The molecule has 5 heteroatoms. The highest BCUT2D eigenvalue weighted by Crippen LogP contribution is 2.34. The number of hydrogen-bond acceptors (Lipinski definition) is 4. The van der Waals surface area contributed by atoms with E-state index in [4.69, 9.17) is 9.47 Å². The number of nitrogens with zero attached hydrogens (tertiary/aromatic N) is 2. The average molecular weight is 329 g/mol. The second kappa shape index (κ2) is 6.59. The Labute approximate surface area is 123 Å². The Morgan fingerprint density at radius 1 is 1.05 bits per heavy atom. The van der Waals surface area contributed by atoms with Crippen LogP contribution in [0.5, 0.6) is 11.5 Å². The van der Waals surface area contributed by atoms with Crippen molar-refractivity contribution in [1.29, 1.82) is 0 Å². The standard InChI is InChI=1S/C14H21BrN2O2/c1-16-4-6-17(7-5-16)10-12-13(18-2)8-11(15)9-14(12)19-3/h8-9H,4-7,10H2,1-3H3. The van der Waals surface area contributed by atoms with Gasteiger partial charge in [0.15, 0.2) is 0 Å². The third kappa shape index (κ3) is 3.61. The Bertz CT molecular complexity index is 406. The van der Waals surface area contributed by atoms with Gasteiger partial charge in [0.05, 0.1) is 19.8 Å². The summed E-state index contributed by atoms with van der Waals surface area (Å²) in [4.78, 5) is 4.79. The molecule has 0 unspecified atom stereocenters. The third-order valence-electron chi connectivity index (χ3n) is 3.55. The van der Waals surface area contributed by atoms with Crippen LogP contribution in [-0.4, -0.2) is 57.2 Å². The van der Waals surface area contributed by atoms with Gasteiger partial charge in [0.1, 0.15) is 11.5 Å². The summed E-state index contributed by atoms with van der Waals surface area (Å²) in [5.41, 5.74) is 1.12. The van der Waals surface area contributed by atoms with Gasteiger partial charge in [-0.2, -0.15) is 0 Å². The van der Waals surface area contributed by atoms with Gasteiger partial charge >= 0.3 is 0 Å². The minimum atomic E-state index is 0.869. The molecule has 0 N–H and O–H groups in total. The first-order chi connectivity index (χ1) is 9.13. The number of benzene rings is 1. The molecule has 4 nitrogen and oxygen atoms in total. The fourth-order valence-electron chi connectivity index (χ4n) is 2.34. The first kappa shape index (κ1) is 14.6. The molecule has 1 fully saturated rings. The summed E-state index contributed by atoms with van der Waals surface area (Å²) in [6.45, 7) is 5.26. The third-order valence-corrected chi connectivity index (χ3v) is 4.01. The van der Waals surface area contributed by atoms with Crippen molar-refractivity contribution in [1.82, 2.24) is 9.80 Å². The zero-order valence-corrected chi connectivity index (χ0v) is 13.4. The van der Waals surface area contributed by atoms with Crippen LogP contribution in [0.3, 0.4) is 0 Å². The fourth-order valence-corrected chi connectivity index (χ4v) is 2.75. The molecule has 1 aromatic carbocycles. The van der Waals surface area contributed by atoms with Gasteiger partial charge in [0.2, 0.25) is 0 Å². The van der Waals surface area contributed by atoms with Gasteiger partial charge in [-0.05, 0) is 19.2 Å². The van der Waals surface area contributed by atoms with Crippen LogP contribution in [0.1, 0.15) is 5.56 Å². The predicted molar refractivity (Wildman–Crippen MR) is 80.0 cm³/mol. The second-order valence-electron chi connectivity index (χ2n) is 4.87. The van der Waals surface area contributed by atoms with E-state index in [1.165, 1.54) is 0 Å². The lowest BCUT2D eigenvalue weighted by Crippen LogP contribution is -2.43. The molecule has 0 radical (unpaired) electrons. The number of piperazine rings is 1. The van der Waals surface area contributed by atoms with Crippen molar-refractivity contribution < 1.29 is 9.47 Å². The van der Waals surface area contributed by atoms with Crippen molar-refractivity contribution in [3.63, 3.8) is 0 Å². The largest absolute Gasteiger partial charge is 0.496 e. The van der Waals surface area contributed by atoms with Gasteiger partial charge in [-0.1, -0.05) is 15.9 Å². The molecule has 1 saturated heterocycles. The Morgan fingerprint density at radius 2 is 1.58 bits per heavy atom. The molecule has 0 saturated carbocycles. The Hall–Kier alpha value is -0.780. The van der Waals surface area contributed by atoms with Gasteiger partial charge in [-0.15, -0.1) is 0 Å². The van der Waals surface area contributed by atoms with E-state index in [9.17, 15) is 0 Å². The highest BCUT2D eigenvalue weighted by molar-refractivity contribution is 9.10. The normalized spacial score (nSPS) is 17.5. The molecule has 0 aromatic heterocycles. The quantitative estimate of drug-likeness (QED) is 0.846. The lowest BCUT2D eigenvalue weighted by atomic mass is 10.1. The van der Waals surface area contributed by atoms with E-state index in [0.29, 0.717) is 0 Å². The first-order valence-electron chi connectivity index (χ1n) is 6.45. The zero-order valence-electron chi connectivity index (χ0n) is 11.8. The van der Waals surface area contributed by atoms with Crippen molar-refractivity contribution >= 4 is 15.9 Å². The van der Waals surface area contributed by atoms with E-state index in [1.807, 2.05) is 12.1 Å². The summed E-state index contributed by atoms with van der Waals surface area (Å²) < 4.78 is 11.9. The maximum Gasteiger partial charge on any atom is 0.128 e. The number of methoxy groups -OCH3 is 2. The van der Waals surface area contributed by atoms with Gasteiger partial charge in [-0.3, -0.25) is 4.90 Å². The van der Waals surface area contributed by atoms with E-state index in [0.717, 1.165) is 54.3 Å². The molecular weight excluding hydrogens is 308 g/mol. The molecule has 19 heavy (non-hydrogen) atoms. The minimum Gasteiger partial charge on any atom is -0.496 e. The van der Waals surface area contributed by atoms with E-state index in [2.05, 4.69) is 32.8 Å². The molecule has 106 valence electrons. The Balaban J connectivity index is 2.18. The number of rotatable bonds is 4. The maximum absolute atomic E-state index is 5.48. The fraction of sp³-hybridized carbons (Fsp3) is 0.571. The van der Waals surface area contributed by atoms with Gasteiger partial charge in [0.25, 0.3) is 0 Å². The Kier molecular flexibility index (Phi) is 5.07. The van der Waals surface area contributed by atoms with Crippen LogP contribution in [0.2, 0.25) is 0 Å². The van der Waals surface area contributed by atoms with Crippen molar-refractivity contribution in [2.75, 3.05) is 47.4 Å². The molecule has 1 aromatic rings. The lowest BCUT2D eigenvalue weighted by Gasteiger charge is -2.33. The molecule has 0 amide bonds.